The van der Waals surface area contributed by atoms with Crippen LogP contribution in [0.4, 0.5) is 4.39 Å². The largest absolute Gasteiger partial charge is 0.493 e. The maximum absolute atomic E-state index is 15.3. The fourth-order valence-corrected chi connectivity index (χ4v) is 4.67. The van der Waals surface area contributed by atoms with E-state index < -0.39 is 5.82 Å². The van der Waals surface area contributed by atoms with Gasteiger partial charge in [-0.05, 0) is 35.6 Å². The van der Waals surface area contributed by atoms with Gasteiger partial charge in [-0.25, -0.2) is 4.39 Å². The number of benzene rings is 2. The second-order valence-corrected chi connectivity index (χ2v) is 9.92. The van der Waals surface area contributed by atoms with E-state index in [-0.39, 0.29) is 41.4 Å². The minimum Gasteiger partial charge on any atom is -0.493 e. The SMILES string of the molecule is COc1cc2c(c(F)c1OC)C(=NBr)N(CC(=O)c1cc(OCCCC#N)c(OC)c(C(C)(C)C)c1)C2. The average molecular weight is 576 g/mol. The highest BCUT2D eigenvalue weighted by Gasteiger charge is 2.34. The van der Waals surface area contributed by atoms with Gasteiger partial charge in [0.2, 0.25) is 0 Å². The van der Waals surface area contributed by atoms with E-state index in [0.717, 1.165) is 5.56 Å². The molecule has 1 aliphatic heterocycles. The second kappa shape index (κ2) is 11.8. The van der Waals surface area contributed by atoms with Gasteiger partial charge in [-0.15, -0.1) is 0 Å². The van der Waals surface area contributed by atoms with Crippen LogP contribution in [0, 0.1) is 17.1 Å². The molecule has 0 atom stereocenters. The van der Waals surface area contributed by atoms with Gasteiger partial charge in [0.1, 0.15) is 5.84 Å². The van der Waals surface area contributed by atoms with Crippen molar-refractivity contribution in [3.63, 3.8) is 0 Å². The van der Waals surface area contributed by atoms with Gasteiger partial charge in [0.25, 0.3) is 0 Å². The minimum absolute atomic E-state index is 0.0220. The van der Waals surface area contributed by atoms with E-state index in [1.165, 1.54) is 14.2 Å². The summed E-state index contributed by atoms with van der Waals surface area (Å²) in [5.74, 6) is 0.734. The summed E-state index contributed by atoms with van der Waals surface area (Å²) in [7, 11) is 4.37. The van der Waals surface area contributed by atoms with Crippen LogP contribution in [0.2, 0.25) is 0 Å². The maximum atomic E-state index is 15.3. The highest BCUT2D eigenvalue weighted by molar-refractivity contribution is 9.08. The summed E-state index contributed by atoms with van der Waals surface area (Å²) in [6.45, 7) is 6.60. The van der Waals surface area contributed by atoms with Crippen molar-refractivity contribution < 1.29 is 28.1 Å². The van der Waals surface area contributed by atoms with Crippen LogP contribution in [0.5, 0.6) is 23.0 Å². The minimum atomic E-state index is -0.600. The third-order valence-electron chi connectivity index (χ3n) is 6.07. The highest BCUT2D eigenvalue weighted by atomic mass is 79.9. The molecule has 10 heteroatoms. The number of nitriles is 1. The van der Waals surface area contributed by atoms with Crippen LogP contribution >= 0.6 is 16.1 Å². The van der Waals surface area contributed by atoms with Gasteiger partial charge in [0.15, 0.2) is 34.6 Å². The molecule has 198 valence electrons. The Labute approximate surface area is 225 Å². The van der Waals surface area contributed by atoms with Crippen LogP contribution < -0.4 is 18.9 Å². The molecule has 0 fully saturated rings. The second-order valence-electron chi connectivity index (χ2n) is 9.56. The number of halogens is 2. The van der Waals surface area contributed by atoms with Crippen LogP contribution in [0.3, 0.4) is 0 Å². The Balaban J connectivity index is 1.96. The van der Waals surface area contributed by atoms with E-state index >= 15 is 4.39 Å². The molecule has 1 heterocycles. The number of nitrogens with zero attached hydrogens (tertiary/aromatic N) is 3. The highest BCUT2D eigenvalue weighted by Crippen LogP contribution is 2.41. The first kappa shape index (κ1) is 28.3. The number of carbonyl (C=O) groups excluding carboxylic acids is 1. The fourth-order valence-electron chi connectivity index (χ4n) is 4.27. The van der Waals surface area contributed by atoms with Crippen molar-refractivity contribution in [1.82, 2.24) is 4.90 Å². The molecule has 3 rings (SSSR count). The number of carbonyl (C=O) groups is 1. The number of Topliss-reactive ketones (excluding diaryl/α,β-unsaturated/α-hetero) is 1. The van der Waals surface area contributed by atoms with Crippen LogP contribution in [0.25, 0.3) is 0 Å². The van der Waals surface area contributed by atoms with Crippen molar-refractivity contribution in [2.45, 2.75) is 45.6 Å². The predicted molar refractivity (Wildman–Crippen MR) is 142 cm³/mol. The standard InChI is InChI=1S/C27H31BrFN3O5/c1-27(2,3)18-11-16(12-21(24(18)35-5)37-10-8-7-9-30)19(33)15-32-14-17-13-20(34-4)25(36-6)23(29)22(17)26(32)31-28/h11-13H,7-8,10,14-15H2,1-6H3. The van der Waals surface area contributed by atoms with Crippen molar-refractivity contribution in [1.29, 1.82) is 5.26 Å². The number of ketones is 1. The van der Waals surface area contributed by atoms with Gasteiger partial charge in [-0.1, -0.05) is 20.8 Å². The number of ether oxygens (including phenoxy) is 4. The van der Waals surface area contributed by atoms with E-state index in [9.17, 15) is 4.79 Å². The van der Waals surface area contributed by atoms with E-state index in [4.69, 9.17) is 24.2 Å². The Kier molecular flexibility index (Phi) is 9.02. The van der Waals surface area contributed by atoms with Crippen LogP contribution in [0.1, 0.15) is 60.7 Å². The molecule has 0 bridgehead atoms. The normalized spacial score (nSPS) is 13.8. The van der Waals surface area contributed by atoms with E-state index in [2.05, 4.69) is 26.2 Å². The van der Waals surface area contributed by atoms with E-state index in [0.29, 0.717) is 47.9 Å². The fraction of sp³-hybridized carbons (Fsp3) is 0.444. The van der Waals surface area contributed by atoms with Gasteiger partial charge in [0.05, 0.1) is 62.3 Å². The van der Waals surface area contributed by atoms with Gasteiger partial charge in [0, 0.05) is 24.1 Å². The third kappa shape index (κ3) is 5.82. The number of amidine groups is 1. The van der Waals surface area contributed by atoms with Gasteiger partial charge in [-0.2, -0.15) is 9.28 Å². The number of hydrogen-bond acceptors (Lipinski definition) is 7. The van der Waals surface area contributed by atoms with Crippen LogP contribution in [-0.4, -0.2) is 51.0 Å². The number of rotatable bonds is 10. The van der Waals surface area contributed by atoms with Crippen molar-refractivity contribution in [2.75, 3.05) is 34.5 Å². The van der Waals surface area contributed by atoms with Gasteiger partial charge >= 0.3 is 0 Å². The lowest BCUT2D eigenvalue weighted by atomic mass is 9.84. The molecule has 0 amide bonds. The van der Waals surface area contributed by atoms with E-state index in [1.807, 2.05) is 26.8 Å². The number of hydrogen-bond donors (Lipinski definition) is 0. The molecular formula is C27H31BrFN3O5. The third-order valence-corrected chi connectivity index (χ3v) is 6.41. The van der Waals surface area contributed by atoms with Crippen LogP contribution in [0.15, 0.2) is 22.2 Å². The summed E-state index contributed by atoms with van der Waals surface area (Å²) in [6.07, 6.45) is 0.918. The number of methoxy groups -OCH3 is 3. The van der Waals surface area contributed by atoms with E-state index in [1.54, 1.807) is 24.1 Å². The summed E-state index contributed by atoms with van der Waals surface area (Å²) < 4.78 is 41.5. The molecule has 0 saturated carbocycles. The smallest absolute Gasteiger partial charge is 0.197 e. The summed E-state index contributed by atoms with van der Waals surface area (Å²) in [6, 6.07) is 7.25. The van der Waals surface area contributed by atoms with Gasteiger partial charge in [-0.3, -0.25) is 4.79 Å². The lowest BCUT2D eigenvalue weighted by Crippen LogP contribution is -2.31. The Hall–Kier alpha value is -3.32. The number of fused-ring (bicyclic) bond motifs is 1. The molecule has 0 aliphatic carbocycles. The Morgan fingerprint density at radius 1 is 1.14 bits per heavy atom. The Bertz CT molecular complexity index is 1250. The monoisotopic (exact) mass is 575 g/mol. The molecule has 2 aromatic carbocycles. The molecule has 0 aromatic heterocycles. The molecule has 8 nitrogen and oxygen atoms in total. The first-order chi connectivity index (χ1) is 17.6. The first-order valence-electron chi connectivity index (χ1n) is 11.7. The van der Waals surface area contributed by atoms with Crippen molar-refractivity contribution in [3.05, 3.63) is 46.3 Å². The summed E-state index contributed by atoms with van der Waals surface area (Å²) >= 11 is 3.10. The van der Waals surface area contributed by atoms with Crippen molar-refractivity contribution in [2.24, 2.45) is 4.02 Å². The Morgan fingerprint density at radius 2 is 1.84 bits per heavy atom. The molecule has 0 N–H and O–H groups in total. The molecule has 0 spiro atoms. The topological polar surface area (TPSA) is 93.4 Å². The molecule has 1 aliphatic rings. The molecule has 37 heavy (non-hydrogen) atoms. The maximum Gasteiger partial charge on any atom is 0.197 e. The van der Waals surface area contributed by atoms with Crippen molar-refractivity contribution >= 4 is 27.8 Å². The lowest BCUT2D eigenvalue weighted by molar-refractivity contribution is 0.0962. The Morgan fingerprint density at radius 3 is 2.41 bits per heavy atom. The summed E-state index contributed by atoms with van der Waals surface area (Å²) in [4.78, 5) is 15.2. The first-order valence-corrected chi connectivity index (χ1v) is 12.4. The predicted octanol–water partition coefficient (Wildman–Crippen LogP) is 5.59. The molecular weight excluding hydrogens is 545 g/mol. The lowest BCUT2D eigenvalue weighted by Gasteiger charge is -2.25. The summed E-state index contributed by atoms with van der Waals surface area (Å²) in [5.41, 5.74) is 1.80. The average Bonchev–Trinajstić information content (AvgIpc) is 3.22. The molecule has 0 saturated heterocycles. The zero-order chi connectivity index (χ0) is 27.3. The molecule has 2 aromatic rings. The summed E-state index contributed by atoms with van der Waals surface area (Å²) in [5, 5.41) is 8.82. The zero-order valence-corrected chi connectivity index (χ0v) is 23.5. The van der Waals surface area contributed by atoms with Crippen molar-refractivity contribution in [3.8, 4) is 29.1 Å². The zero-order valence-electron chi connectivity index (χ0n) is 21.9. The quantitative estimate of drug-likeness (QED) is 0.269. The van der Waals surface area contributed by atoms with Gasteiger partial charge < -0.3 is 23.8 Å². The molecule has 0 unspecified atom stereocenters. The van der Waals surface area contributed by atoms with Crippen LogP contribution in [-0.2, 0) is 12.0 Å². The number of unbranched alkanes of at least 4 members (excludes halogenated alkanes) is 1. The molecule has 0 radical (unpaired) electrons.